The van der Waals surface area contributed by atoms with E-state index in [0.29, 0.717) is 30.8 Å². The molecule has 2 bridgehead atoms. The number of hydrogen-bond acceptors (Lipinski definition) is 6. The third kappa shape index (κ3) is 12.0. The topological polar surface area (TPSA) is 125 Å². The van der Waals surface area contributed by atoms with Crippen LogP contribution in [0, 0.1) is 11.8 Å². The van der Waals surface area contributed by atoms with Crippen LogP contribution >= 0.6 is 0 Å². The summed E-state index contributed by atoms with van der Waals surface area (Å²) >= 11 is 0. The second-order valence-electron chi connectivity index (χ2n) is 16.0. The number of hydrogen-bond donors (Lipinski definition) is 3. The highest BCUT2D eigenvalue weighted by Gasteiger charge is 2.36. The molecule has 2 amide bonds. The third-order valence-electron chi connectivity index (χ3n) is 9.78. The molecule has 2 aromatic rings. The zero-order chi connectivity index (χ0) is 38.0. The van der Waals surface area contributed by atoms with Gasteiger partial charge in [-0.15, -0.1) is 0 Å². The van der Waals surface area contributed by atoms with Gasteiger partial charge in [-0.2, -0.15) is 4.31 Å². The quantitative estimate of drug-likeness (QED) is 0.211. The number of benzene rings is 2. The molecule has 3 atom stereocenters. The number of aliphatic hydroxyl groups is 1. The molecule has 2 aliphatic heterocycles. The van der Waals surface area contributed by atoms with Crippen LogP contribution in [0.25, 0.3) is 0 Å². The van der Waals surface area contributed by atoms with Crippen molar-refractivity contribution < 1.29 is 27.9 Å². The predicted octanol–water partition coefficient (Wildman–Crippen LogP) is 7.28. The molecule has 10 heteroatoms. The Balaban J connectivity index is 2.10. The minimum absolute atomic E-state index is 0.0466. The predicted molar refractivity (Wildman–Crippen MR) is 206 cm³/mol. The summed E-state index contributed by atoms with van der Waals surface area (Å²) in [6, 6.07) is 9.99. The molecule has 0 aliphatic carbocycles. The van der Waals surface area contributed by atoms with Gasteiger partial charge in [0.25, 0.3) is 0 Å². The lowest BCUT2D eigenvalue weighted by Crippen LogP contribution is -2.56. The Morgan fingerprint density at radius 2 is 1.45 bits per heavy atom. The van der Waals surface area contributed by atoms with E-state index in [9.17, 15) is 23.1 Å². The average Bonchev–Trinajstić information content (AvgIpc) is 3.06. The second kappa shape index (κ2) is 19.2. The van der Waals surface area contributed by atoms with Crippen LogP contribution in [0.5, 0.6) is 5.75 Å². The lowest BCUT2D eigenvalue weighted by Gasteiger charge is -2.33. The lowest BCUT2D eigenvalue weighted by atomic mass is 9.89. The fraction of sp³-hybridized carbons (Fsp3) is 0.659. The van der Waals surface area contributed by atoms with Crippen molar-refractivity contribution in [2.24, 2.45) is 11.8 Å². The summed E-state index contributed by atoms with van der Waals surface area (Å²) in [6.07, 6.45) is 2.22. The maximum Gasteiger partial charge on any atom is 0.243 e. The number of carbonyl (C=O) groups excluding carboxylic acids is 2. The molecule has 2 aliphatic rings. The van der Waals surface area contributed by atoms with Crippen molar-refractivity contribution in [3.05, 3.63) is 58.7 Å². The number of fused-ring (bicyclic) bond motifs is 14. The Labute approximate surface area is 308 Å². The normalized spacial score (nSPS) is 19.2. The number of ether oxygens (including phenoxy) is 1. The largest absolute Gasteiger partial charge is 0.494 e. The molecule has 0 saturated carbocycles. The second-order valence-corrected chi connectivity index (χ2v) is 17.9. The Hall–Kier alpha value is -2.95. The number of amides is 2. The number of aliphatic hydroxyl groups excluding tert-OH is 1. The van der Waals surface area contributed by atoms with Crippen LogP contribution < -0.4 is 15.4 Å². The standard InChI is InChI=1S/C41H65N3O6S/c1-26(2)19-20-44(51(48,49)40-34(28(5)6)23-32(27(3)4)24-35(40)29(7)8)25-37(45)36-22-31-15-17-33(18-16-31)50-21-13-11-12-14-38(46)43-39(30(9)10)41(47)42-36/h15-18,23-24,26-30,36-37,39,45H,11-14,19-22,25H2,1-10H3,(H,42,47)(H,43,46)/t36-,37+,39-/m0/s1. The van der Waals surface area contributed by atoms with E-state index in [1.807, 2.05) is 77.9 Å². The summed E-state index contributed by atoms with van der Waals surface area (Å²) in [5.74, 6) is 0.267. The SMILES string of the molecule is CC(C)CCN(C[C@@H](O)[C@@H]1Cc2ccc(cc2)OCCCCCC(=O)N[C@@H](C(C)C)C(=O)N1)S(=O)(=O)c1c(C(C)C)cc(C(C)C)cc1C(C)C. The maximum absolute atomic E-state index is 15.0. The zero-order valence-corrected chi connectivity index (χ0v) is 33.6. The average molecular weight is 728 g/mol. The van der Waals surface area contributed by atoms with Gasteiger partial charge in [-0.3, -0.25) is 9.59 Å². The molecule has 0 aromatic heterocycles. The highest BCUT2D eigenvalue weighted by molar-refractivity contribution is 7.89. The molecule has 4 rings (SSSR count). The van der Waals surface area contributed by atoms with Crippen LogP contribution in [0.4, 0.5) is 0 Å². The summed E-state index contributed by atoms with van der Waals surface area (Å²) in [4.78, 5) is 27.1. The monoisotopic (exact) mass is 727 g/mol. The summed E-state index contributed by atoms with van der Waals surface area (Å²) in [6.45, 7) is 20.7. The van der Waals surface area contributed by atoms with Crippen molar-refractivity contribution >= 4 is 21.8 Å². The summed E-state index contributed by atoms with van der Waals surface area (Å²) in [5, 5.41) is 18.0. The summed E-state index contributed by atoms with van der Waals surface area (Å²) in [7, 11) is -4.09. The van der Waals surface area contributed by atoms with Gasteiger partial charge in [-0.05, 0) is 96.1 Å². The number of carbonyl (C=O) groups is 2. The minimum atomic E-state index is -4.09. The van der Waals surface area contributed by atoms with E-state index in [-0.39, 0.29) is 55.0 Å². The first-order valence-corrected chi connectivity index (χ1v) is 20.5. The van der Waals surface area contributed by atoms with Crippen molar-refractivity contribution in [2.45, 2.75) is 149 Å². The molecule has 0 spiro atoms. The van der Waals surface area contributed by atoms with Crippen molar-refractivity contribution in [3.8, 4) is 5.75 Å². The molecular weight excluding hydrogens is 663 g/mol. The Kier molecular flexibility index (Phi) is 16.0. The lowest BCUT2D eigenvalue weighted by molar-refractivity contribution is -0.131. The summed E-state index contributed by atoms with van der Waals surface area (Å²) < 4.78 is 37.3. The van der Waals surface area contributed by atoms with E-state index in [0.717, 1.165) is 40.8 Å². The minimum Gasteiger partial charge on any atom is -0.494 e. The highest BCUT2D eigenvalue weighted by atomic mass is 32.2. The number of nitrogens with one attached hydrogen (secondary N) is 2. The Morgan fingerprint density at radius 3 is 1.98 bits per heavy atom. The molecule has 2 heterocycles. The molecule has 9 nitrogen and oxygen atoms in total. The first kappa shape index (κ1) is 42.5. The fourth-order valence-electron chi connectivity index (χ4n) is 6.43. The van der Waals surface area contributed by atoms with Crippen LogP contribution in [0.2, 0.25) is 0 Å². The molecule has 0 unspecified atom stereocenters. The third-order valence-corrected chi connectivity index (χ3v) is 11.8. The van der Waals surface area contributed by atoms with Gasteiger partial charge in [0.15, 0.2) is 0 Å². The Bertz CT molecular complexity index is 1510. The smallest absolute Gasteiger partial charge is 0.243 e. The van der Waals surface area contributed by atoms with E-state index in [1.54, 1.807) is 0 Å². The zero-order valence-electron chi connectivity index (χ0n) is 32.8. The van der Waals surface area contributed by atoms with Gasteiger partial charge in [0.05, 0.1) is 23.6 Å². The van der Waals surface area contributed by atoms with Crippen LogP contribution in [-0.4, -0.2) is 67.5 Å². The molecule has 0 radical (unpaired) electrons. The molecule has 2 aromatic carbocycles. The van der Waals surface area contributed by atoms with E-state index >= 15 is 0 Å². The van der Waals surface area contributed by atoms with Crippen LogP contribution in [0.3, 0.4) is 0 Å². The number of nitrogens with zero attached hydrogens (tertiary/aromatic N) is 1. The number of rotatable bonds is 12. The number of sulfonamides is 1. The van der Waals surface area contributed by atoms with Gasteiger partial charge in [0.1, 0.15) is 11.8 Å². The molecular formula is C41H65N3O6S. The molecule has 286 valence electrons. The van der Waals surface area contributed by atoms with Crippen LogP contribution in [0.1, 0.15) is 141 Å². The molecule has 3 N–H and O–H groups in total. The van der Waals surface area contributed by atoms with Crippen molar-refractivity contribution in [2.75, 3.05) is 19.7 Å². The van der Waals surface area contributed by atoms with E-state index in [4.69, 9.17) is 4.74 Å². The first-order valence-electron chi connectivity index (χ1n) is 19.1. The van der Waals surface area contributed by atoms with Crippen molar-refractivity contribution in [1.82, 2.24) is 14.9 Å². The maximum atomic E-state index is 15.0. The molecule has 51 heavy (non-hydrogen) atoms. The van der Waals surface area contributed by atoms with Crippen molar-refractivity contribution in [3.63, 3.8) is 0 Å². The van der Waals surface area contributed by atoms with Gasteiger partial charge in [-0.1, -0.05) is 93.5 Å². The van der Waals surface area contributed by atoms with Crippen molar-refractivity contribution in [1.29, 1.82) is 0 Å². The van der Waals surface area contributed by atoms with Gasteiger partial charge in [0.2, 0.25) is 21.8 Å². The van der Waals surface area contributed by atoms with Gasteiger partial charge < -0.3 is 20.5 Å². The molecule has 0 fully saturated rings. The molecule has 0 saturated heterocycles. The van der Waals surface area contributed by atoms with Crippen LogP contribution in [-0.2, 0) is 26.0 Å². The van der Waals surface area contributed by atoms with Gasteiger partial charge >= 0.3 is 0 Å². The highest BCUT2D eigenvalue weighted by Crippen LogP contribution is 2.37. The van der Waals surface area contributed by atoms with Gasteiger partial charge in [0, 0.05) is 19.5 Å². The van der Waals surface area contributed by atoms with E-state index < -0.39 is 34.1 Å². The summed E-state index contributed by atoms with van der Waals surface area (Å²) in [5.41, 5.74) is 3.51. The van der Waals surface area contributed by atoms with Crippen LogP contribution in [0.15, 0.2) is 41.3 Å². The fourth-order valence-corrected chi connectivity index (χ4v) is 8.57. The van der Waals surface area contributed by atoms with E-state index in [2.05, 4.69) is 38.3 Å². The first-order chi connectivity index (χ1) is 23.9. The van der Waals surface area contributed by atoms with Gasteiger partial charge in [-0.25, -0.2) is 8.42 Å². The van der Waals surface area contributed by atoms with E-state index in [1.165, 1.54) is 4.31 Å². The Morgan fingerprint density at radius 1 is 0.843 bits per heavy atom.